The number of methoxy groups -OCH3 is 1. The Morgan fingerprint density at radius 3 is 2.65 bits per heavy atom. The number of aromatic nitrogens is 1. The molecule has 0 saturated heterocycles. The molecule has 0 fully saturated rings. The van der Waals surface area contributed by atoms with E-state index >= 15 is 0 Å². The summed E-state index contributed by atoms with van der Waals surface area (Å²) in [7, 11) is 1.63. The quantitative estimate of drug-likeness (QED) is 0.288. The van der Waals surface area contributed by atoms with Gasteiger partial charge in [0.15, 0.2) is 4.80 Å². The normalized spacial score (nSPS) is 17.1. The van der Waals surface area contributed by atoms with Gasteiger partial charge in [0.2, 0.25) is 0 Å². The fourth-order valence-corrected chi connectivity index (χ4v) is 8.12. The van der Waals surface area contributed by atoms with Crippen molar-refractivity contribution in [3.05, 3.63) is 110 Å². The first kappa shape index (κ1) is 22.2. The van der Waals surface area contributed by atoms with E-state index < -0.39 is 0 Å². The third-order valence-corrected chi connectivity index (χ3v) is 9.29. The number of thiazole rings is 1. The van der Waals surface area contributed by atoms with E-state index in [0.717, 1.165) is 43.6 Å². The summed E-state index contributed by atoms with van der Waals surface area (Å²) in [5.41, 5.74) is 5.67. The lowest BCUT2D eigenvalue weighted by atomic mass is 9.85. The largest absolute Gasteiger partial charge is 0.494 e. The lowest BCUT2D eigenvalue weighted by Gasteiger charge is -2.30. The van der Waals surface area contributed by atoms with Gasteiger partial charge in [-0.2, -0.15) is 0 Å². The molecule has 0 spiro atoms. The van der Waals surface area contributed by atoms with Gasteiger partial charge in [-0.15, -0.1) is 11.3 Å². The van der Waals surface area contributed by atoms with Gasteiger partial charge >= 0.3 is 0 Å². The maximum atomic E-state index is 13.8. The van der Waals surface area contributed by atoms with Crippen molar-refractivity contribution in [3.63, 3.8) is 0 Å². The Labute approximate surface area is 220 Å². The SMILES string of the molecule is COc1c(Br)cc(/C=c2/sc3n(c2=O)[C@H](c2cccs2)C2=C(N=3)c3ccccc3CC2)cc1Br. The number of allylic oxidation sites excluding steroid dienone is 1. The van der Waals surface area contributed by atoms with Gasteiger partial charge in [-0.3, -0.25) is 9.36 Å². The number of fused-ring (bicyclic) bond motifs is 3. The summed E-state index contributed by atoms with van der Waals surface area (Å²) in [5, 5.41) is 2.08. The van der Waals surface area contributed by atoms with E-state index in [-0.39, 0.29) is 11.6 Å². The van der Waals surface area contributed by atoms with Gasteiger partial charge in [0.05, 0.1) is 32.3 Å². The van der Waals surface area contributed by atoms with Gasteiger partial charge in [0, 0.05) is 10.4 Å². The van der Waals surface area contributed by atoms with Crippen LogP contribution in [0, 0.1) is 0 Å². The smallest absolute Gasteiger partial charge is 0.271 e. The molecule has 170 valence electrons. The summed E-state index contributed by atoms with van der Waals surface area (Å²) in [6, 6.07) is 16.5. The van der Waals surface area contributed by atoms with Crippen molar-refractivity contribution < 1.29 is 4.74 Å². The van der Waals surface area contributed by atoms with Crippen molar-refractivity contribution in [2.45, 2.75) is 18.9 Å². The van der Waals surface area contributed by atoms with Gasteiger partial charge in [0.1, 0.15) is 5.75 Å². The second-order valence-corrected chi connectivity index (χ2v) is 11.8. The fourth-order valence-electron chi connectivity index (χ4n) is 4.73. The highest BCUT2D eigenvalue weighted by molar-refractivity contribution is 9.11. The van der Waals surface area contributed by atoms with E-state index in [0.29, 0.717) is 4.53 Å². The summed E-state index contributed by atoms with van der Waals surface area (Å²) >= 11 is 10.3. The monoisotopic (exact) mass is 612 g/mol. The van der Waals surface area contributed by atoms with Gasteiger partial charge in [-0.1, -0.05) is 41.7 Å². The van der Waals surface area contributed by atoms with Crippen LogP contribution in [0.25, 0.3) is 11.8 Å². The lowest BCUT2D eigenvalue weighted by Crippen LogP contribution is -2.38. The van der Waals surface area contributed by atoms with Crippen molar-refractivity contribution in [2.24, 2.45) is 4.99 Å². The second-order valence-electron chi connectivity index (χ2n) is 8.15. The minimum atomic E-state index is -0.115. The van der Waals surface area contributed by atoms with Crippen molar-refractivity contribution in [1.82, 2.24) is 4.57 Å². The van der Waals surface area contributed by atoms with Crippen LogP contribution in [-0.4, -0.2) is 11.7 Å². The van der Waals surface area contributed by atoms with Crippen LogP contribution in [-0.2, 0) is 6.42 Å². The van der Waals surface area contributed by atoms with Crippen LogP contribution in [0.3, 0.4) is 0 Å². The molecule has 4 nitrogen and oxygen atoms in total. The van der Waals surface area contributed by atoms with Gasteiger partial charge in [-0.25, -0.2) is 4.99 Å². The Bertz CT molecular complexity index is 1630. The maximum absolute atomic E-state index is 13.8. The van der Waals surface area contributed by atoms with E-state index in [4.69, 9.17) is 9.73 Å². The van der Waals surface area contributed by atoms with Crippen molar-refractivity contribution in [1.29, 1.82) is 0 Å². The molecule has 0 unspecified atom stereocenters. The molecule has 2 aromatic carbocycles. The van der Waals surface area contributed by atoms with Crippen LogP contribution in [0.2, 0.25) is 0 Å². The standard InChI is InChI=1S/C26H18Br2N2O2S2/c1-32-24-18(27)11-14(12-19(24)28)13-21-25(31)30-23(20-7-4-10-33-20)17-9-8-15-5-2-3-6-16(15)22(17)29-26(30)34-21/h2-7,10-13,23H,8-9H2,1H3/b21-13+/t23-/m0/s1. The second kappa shape index (κ2) is 8.75. The molecule has 2 aromatic heterocycles. The van der Waals surface area contributed by atoms with E-state index in [1.807, 2.05) is 22.8 Å². The zero-order valence-corrected chi connectivity index (χ0v) is 22.9. The topological polar surface area (TPSA) is 43.6 Å². The first-order valence-electron chi connectivity index (χ1n) is 10.7. The van der Waals surface area contributed by atoms with Gasteiger partial charge in [-0.05, 0) is 91.1 Å². The molecule has 0 bridgehead atoms. The van der Waals surface area contributed by atoms with E-state index in [1.54, 1.807) is 18.4 Å². The highest BCUT2D eigenvalue weighted by Gasteiger charge is 2.33. The van der Waals surface area contributed by atoms with Crippen molar-refractivity contribution >= 4 is 66.3 Å². The Kier molecular flexibility index (Phi) is 5.72. The van der Waals surface area contributed by atoms with Crippen LogP contribution < -0.4 is 19.6 Å². The molecule has 3 heterocycles. The van der Waals surface area contributed by atoms with Crippen molar-refractivity contribution in [3.8, 4) is 5.75 Å². The predicted molar refractivity (Wildman–Crippen MR) is 145 cm³/mol. The van der Waals surface area contributed by atoms with Gasteiger partial charge in [0.25, 0.3) is 5.56 Å². The molecule has 0 saturated carbocycles. The summed E-state index contributed by atoms with van der Waals surface area (Å²) in [4.78, 5) is 20.7. The van der Waals surface area contributed by atoms with Gasteiger partial charge < -0.3 is 4.74 Å². The van der Waals surface area contributed by atoms with Crippen LogP contribution >= 0.6 is 54.5 Å². The molecule has 1 atom stereocenters. The molecule has 1 aliphatic carbocycles. The number of halogens is 2. The summed E-state index contributed by atoms with van der Waals surface area (Å²) < 4.78 is 9.63. The number of thiophene rings is 1. The molecule has 34 heavy (non-hydrogen) atoms. The molecule has 1 aliphatic heterocycles. The van der Waals surface area contributed by atoms with Crippen molar-refractivity contribution in [2.75, 3.05) is 7.11 Å². The Hall–Kier alpha value is -2.26. The number of aryl methyl sites for hydroxylation is 1. The minimum absolute atomic E-state index is 0.00405. The molecular weight excluding hydrogens is 596 g/mol. The molecule has 8 heteroatoms. The zero-order valence-electron chi connectivity index (χ0n) is 18.0. The Balaban J connectivity index is 1.59. The number of benzene rings is 2. The average molecular weight is 614 g/mol. The lowest BCUT2D eigenvalue weighted by molar-refractivity contribution is 0.409. The number of hydrogen-bond acceptors (Lipinski definition) is 5. The number of ether oxygens (including phenoxy) is 1. The first-order valence-corrected chi connectivity index (χ1v) is 14.0. The highest BCUT2D eigenvalue weighted by atomic mass is 79.9. The van der Waals surface area contributed by atoms with E-state index in [1.165, 1.54) is 32.9 Å². The van der Waals surface area contributed by atoms with Crippen LogP contribution in [0.5, 0.6) is 5.75 Å². The molecule has 0 N–H and O–H groups in total. The third-order valence-electron chi connectivity index (χ3n) is 6.21. The van der Waals surface area contributed by atoms with E-state index in [9.17, 15) is 4.79 Å². The maximum Gasteiger partial charge on any atom is 0.271 e. The minimum Gasteiger partial charge on any atom is -0.494 e. The molecule has 2 aliphatic rings. The predicted octanol–water partition coefficient (Wildman–Crippen LogP) is 5.91. The molecule has 0 amide bonds. The van der Waals surface area contributed by atoms with E-state index in [2.05, 4.69) is 73.6 Å². The fraction of sp³-hybridized carbons (Fsp3) is 0.154. The Morgan fingerprint density at radius 2 is 1.91 bits per heavy atom. The Morgan fingerprint density at radius 1 is 1.12 bits per heavy atom. The summed E-state index contributed by atoms with van der Waals surface area (Å²) in [5.74, 6) is 0.725. The highest BCUT2D eigenvalue weighted by Crippen LogP contribution is 2.42. The zero-order chi connectivity index (χ0) is 23.4. The number of rotatable bonds is 3. The summed E-state index contributed by atoms with van der Waals surface area (Å²) in [6.07, 6.45) is 3.80. The molecule has 6 rings (SSSR count). The third kappa shape index (κ3) is 3.59. The number of nitrogens with zero attached hydrogens (tertiary/aromatic N) is 2. The molecular formula is C26H18Br2N2O2S2. The number of hydrogen-bond donors (Lipinski definition) is 0. The summed E-state index contributed by atoms with van der Waals surface area (Å²) in [6.45, 7) is 0. The van der Waals surface area contributed by atoms with Crippen LogP contribution in [0.4, 0.5) is 0 Å². The van der Waals surface area contributed by atoms with Crippen LogP contribution in [0.15, 0.2) is 78.2 Å². The van der Waals surface area contributed by atoms with Crippen LogP contribution in [0.1, 0.15) is 34.0 Å². The molecule has 4 aromatic rings. The average Bonchev–Trinajstić information content (AvgIpc) is 3.46. The first-order chi connectivity index (χ1) is 16.5. The molecule has 0 radical (unpaired) electrons.